The molecule has 2 atom stereocenters. The summed E-state index contributed by atoms with van der Waals surface area (Å²) in [6.45, 7) is 3.93. The molecule has 2 aromatic rings. The molecule has 29 heavy (non-hydrogen) atoms. The van der Waals surface area contributed by atoms with Gasteiger partial charge < -0.3 is 4.57 Å². The molecule has 1 saturated heterocycles. The Morgan fingerprint density at radius 2 is 1.90 bits per heavy atom. The Bertz CT molecular complexity index is 1050. The first kappa shape index (κ1) is 20.5. The minimum atomic E-state index is -2.93. The van der Waals surface area contributed by atoms with E-state index in [0.717, 1.165) is 48.6 Å². The molecule has 0 bridgehead atoms. The average molecular weight is 436 g/mol. The fourth-order valence-corrected chi connectivity index (χ4v) is 4.71. The molecule has 9 heteroatoms. The van der Waals surface area contributed by atoms with Crippen molar-refractivity contribution in [2.24, 2.45) is 12.0 Å². The predicted molar refractivity (Wildman–Crippen MR) is 118 cm³/mol. The fourth-order valence-electron chi connectivity index (χ4n) is 3.89. The molecule has 0 N–H and O–H groups in total. The Labute approximate surface area is 176 Å². The topological polar surface area (TPSA) is 70.8 Å². The third-order valence-corrected chi connectivity index (χ3v) is 6.87. The standard InChI is InChI=1S/C20H26ClN5O2S/c1-24-18-6-4-3-5-17(18)23-20(24)15-13-19(22-14-16(15)21)26-9-7-25(8-10-26)11-12-29(2,27)28/h3-6,13-14,16,19H,7-12H2,1-2H3. The average Bonchev–Trinajstić information content (AvgIpc) is 3.03. The van der Waals surface area contributed by atoms with E-state index in [2.05, 4.69) is 31.5 Å². The lowest BCUT2D eigenvalue weighted by molar-refractivity contribution is 0.119. The van der Waals surface area contributed by atoms with Crippen LogP contribution in [0, 0.1) is 0 Å². The number of hydrogen-bond donors (Lipinski definition) is 0. The quantitative estimate of drug-likeness (QED) is 0.667. The van der Waals surface area contributed by atoms with Crippen LogP contribution in [-0.2, 0) is 16.9 Å². The summed E-state index contributed by atoms with van der Waals surface area (Å²) in [5.74, 6) is 1.08. The van der Waals surface area contributed by atoms with Gasteiger partial charge in [-0.3, -0.25) is 14.8 Å². The molecule has 0 radical (unpaired) electrons. The highest BCUT2D eigenvalue weighted by Crippen LogP contribution is 2.29. The molecule has 0 amide bonds. The highest BCUT2D eigenvalue weighted by Gasteiger charge is 2.28. The molecule has 7 nitrogen and oxygen atoms in total. The lowest BCUT2D eigenvalue weighted by Crippen LogP contribution is -2.50. The minimum Gasteiger partial charge on any atom is -0.327 e. The molecule has 0 aliphatic carbocycles. The van der Waals surface area contributed by atoms with E-state index in [0.29, 0.717) is 6.54 Å². The van der Waals surface area contributed by atoms with Crippen molar-refractivity contribution in [3.8, 4) is 0 Å². The van der Waals surface area contributed by atoms with Crippen molar-refractivity contribution in [2.75, 3.05) is 44.7 Å². The lowest BCUT2D eigenvalue weighted by Gasteiger charge is -2.38. The van der Waals surface area contributed by atoms with Crippen LogP contribution in [0.15, 0.2) is 35.3 Å². The van der Waals surface area contributed by atoms with E-state index in [1.807, 2.05) is 25.2 Å². The van der Waals surface area contributed by atoms with Crippen LogP contribution in [0.3, 0.4) is 0 Å². The first-order valence-electron chi connectivity index (χ1n) is 9.77. The Morgan fingerprint density at radius 1 is 1.17 bits per heavy atom. The number of benzene rings is 1. The maximum absolute atomic E-state index is 11.4. The number of fused-ring (bicyclic) bond motifs is 1. The molecule has 0 spiro atoms. The minimum absolute atomic E-state index is 0.0723. The normalized spacial score (nSPS) is 24.2. The van der Waals surface area contributed by atoms with E-state index < -0.39 is 9.84 Å². The van der Waals surface area contributed by atoms with E-state index >= 15 is 0 Å². The lowest BCUT2D eigenvalue weighted by atomic mass is 10.1. The van der Waals surface area contributed by atoms with Crippen molar-refractivity contribution in [3.05, 3.63) is 36.2 Å². The number of dihydropyridines is 1. The van der Waals surface area contributed by atoms with Crippen molar-refractivity contribution in [1.29, 1.82) is 0 Å². The summed E-state index contributed by atoms with van der Waals surface area (Å²) >= 11 is 6.57. The number of nitrogens with zero attached hydrogens (tertiary/aromatic N) is 5. The smallest absolute Gasteiger partial charge is 0.148 e. The van der Waals surface area contributed by atoms with Gasteiger partial charge in [-0.05, 0) is 18.2 Å². The second kappa shape index (κ2) is 8.18. The molecular formula is C20H26ClN5O2S. The summed E-state index contributed by atoms with van der Waals surface area (Å²) in [5.41, 5.74) is 3.00. The first-order chi connectivity index (χ1) is 13.8. The van der Waals surface area contributed by atoms with Gasteiger partial charge in [-0.25, -0.2) is 13.4 Å². The SMILES string of the molecule is Cn1c(C2=CC(N3CCN(CCS(C)(=O)=O)CC3)N=CC2Cl)nc2ccccc21. The molecule has 1 aromatic carbocycles. The number of hydrogen-bond acceptors (Lipinski definition) is 6. The molecule has 1 fully saturated rings. The number of imidazole rings is 1. The van der Waals surface area contributed by atoms with Crippen LogP contribution in [0.25, 0.3) is 16.6 Å². The second-order valence-electron chi connectivity index (χ2n) is 7.73. The second-order valence-corrected chi connectivity index (χ2v) is 10.5. The summed E-state index contributed by atoms with van der Waals surface area (Å²) in [6, 6.07) is 8.06. The van der Waals surface area contributed by atoms with Crippen molar-refractivity contribution in [3.63, 3.8) is 0 Å². The molecule has 1 aromatic heterocycles. The number of aliphatic imine (C=N–C) groups is 1. The summed E-state index contributed by atoms with van der Waals surface area (Å²) in [7, 11) is -0.919. The van der Waals surface area contributed by atoms with Gasteiger partial charge in [0, 0.05) is 57.8 Å². The molecular weight excluding hydrogens is 410 g/mol. The number of sulfone groups is 1. The Hall–Kier alpha value is -1.74. The van der Waals surface area contributed by atoms with Gasteiger partial charge in [0.25, 0.3) is 0 Å². The number of rotatable bonds is 5. The zero-order valence-corrected chi connectivity index (χ0v) is 18.3. The number of halogens is 1. The fraction of sp³-hybridized carbons (Fsp3) is 0.500. The molecule has 156 valence electrons. The highest BCUT2D eigenvalue weighted by atomic mass is 35.5. The van der Waals surface area contributed by atoms with Gasteiger partial charge in [0.2, 0.25) is 0 Å². The van der Waals surface area contributed by atoms with E-state index in [1.165, 1.54) is 6.26 Å². The van der Waals surface area contributed by atoms with E-state index in [1.54, 1.807) is 6.21 Å². The monoisotopic (exact) mass is 435 g/mol. The molecule has 3 heterocycles. The summed E-state index contributed by atoms with van der Waals surface area (Å²) < 4.78 is 24.9. The van der Waals surface area contributed by atoms with E-state index in [9.17, 15) is 8.42 Å². The van der Waals surface area contributed by atoms with Gasteiger partial charge in [0.1, 0.15) is 21.8 Å². The molecule has 2 aliphatic heterocycles. The van der Waals surface area contributed by atoms with Gasteiger partial charge in [-0.2, -0.15) is 0 Å². The van der Waals surface area contributed by atoms with Crippen LogP contribution < -0.4 is 0 Å². The van der Waals surface area contributed by atoms with Crippen LogP contribution in [0.4, 0.5) is 0 Å². The number of piperazine rings is 1. The molecule has 2 unspecified atom stereocenters. The van der Waals surface area contributed by atoms with Gasteiger partial charge in [0.15, 0.2) is 0 Å². The van der Waals surface area contributed by atoms with Gasteiger partial charge in [0.05, 0.1) is 22.2 Å². The first-order valence-corrected chi connectivity index (χ1v) is 12.3. The molecule has 0 saturated carbocycles. The number of aromatic nitrogens is 2. The number of aryl methyl sites for hydroxylation is 1. The summed E-state index contributed by atoms with van der Waals surface area (Å²) in [6.07, 6.45) is 5.13. The highest BCUT2D eigenvalue weighted by molar-refractivity contribution is 7.90. The Morgan fingerprint density at radius 3 is 2.59 bits per heavy atom. The van der Waals surface area contributed by atoms with Crippen LogP contribution in [0.1, 0.15) is 5.82 Å². The third kappa shape index (κ3) is 4.55. The number of allylic oxidation sites excluding steroid dienone is 1. The summed E-state index contributed by atoms with van der Waals surface area (Å²) in [4.78, 5) is 13.9. The maximum Gasteiger partial charge on any atom is 0.148 e. The van der Waals surface area contributed by atoms with Crippen LogP contribution in [-0.4, -0.2) is 90.3 Å². The van der Waals surface area contributed by atoms with Crippen molar-refractivity contribution in [1.82, 2.24) is 19.4 Å². The molecule has 4 rings (SSSR count). The summed E-state index contributed by atoms with van der Waals surface area (Å²) in [5, 5.41) is -0.308. The maximum atomic E-state index is 11.4. The van der Waals surface area contributed by atoms with Crippen LogP contribution in [0.2, 0.25) is 0 Å². The van der Waals surface area contributed by atoms with Gasteiger partial charge in [-0.1, -0.05) is 12.1 Å². The van der Waals surface area contributed by atoms with Crippen molar-refractivity contribution < 1.29 is 8.42 Å². The van der Waals surface area contributed by atoms with E-state index in [4.69, 9.17) is 16.6 Å². The Kier molecular flexibility index (Phi) is 5.79. The van der Waals surface area contributed by atoms with Crippen LogP contribution >= 0.6 is 11.6 Å². The Balaban J connectivity index is 1.49. The number of alkyl halides is 1. The molecule has 2 aliphatic rings. The van der Waals surface area contributed by atoms with Crippen molar-refractivity contribution in [2.45, 2.75) is 11.5 Å². The third-order valence-electron chi connectivity index (χ3n) is 5.60. The van der Waals surface area contributed by atoms with Gasteiger partial charge >= 0.3 is 0 Å². The van der Waals surface area contributed by atoms with Gasteiger partial charge in [-0.15, -0.1) is 11.6 Å². The largest absolute Gasteiger partial charge is 0.327 e. The zero-order chi connectivity index (χ0) is 20.6. The van der Waals surface area contributed by atoms with E-state index in [-0.39, 0.29) is 17.3 Å². The zero-order valence-electron chi connectivity index (χ0n) is 16.7. The predicted octanol–water partition coefficient (Wildman–Crippen LogP) is 1.64. The van der Waals surface area contributed by atoms with Crippen molar-refractivity contribution >= 4 is 44.3 Å². The van der Waals surface area contributed by atoms with Crippen LogP contribution in [0.5, 0.6) is 0 Å². The number of para-hydroxylation sites is 2.